The Bertz CT molecular complexity index is 820. The van der Waals surface area contributed by atoms with Gasteiger partial charge in [0.25, 0.3) is 15.9 Å². The number of hydrogen-bond donors (Lipinski definition) is 3. The second-order valence-electron chi connectivity index (χ2n) is 4.28. The third kappa shape index (κ3) is 4.03. The molecule has 0 saturated heterocycles. The third-order valence-corrected chi connectivity index (χ3v) is 4.27. The zero-order valence-corrected chi connectivity index (χ0v) is 12.7. The number of sulfonamides is 1. The van der Waals surface area contributed by atoms with E-state index in [1.54, 1.807) is 4.83 Å². The molecule has 0 radical (unpaired) electrons. The first-order valence-corrected chi connectivity index (χ1v) is 7.79. The standard InChI is InChI=1S/C12H9ClF3N3O3S/c13-9-4-3-7(6-8(9)12(14,15)16)23(21,22)19-18-11(20)10-2-1-5-17-10/h1-6,17,19H,(H,18,20). The Hall–Kier alpha value is -2.04. The molecule has 0 bridgehead atoms. The fourth-order valence-corrected chi connectivity index (χ4v) is 2.69. The van der Waals surface area contributed by atoms with E-state index < -0.39 is 37.6 Å². The predicted molar refractivity (Wildman–Crippen MR) is 75.0 cm³/mol. The van der Waals surface area contributed by atoms with Crippen LogP contribution in [0.4, 0.5) is 13.2 Å². The molecule has 2 aromatic rings. The van der Waals surface area contributed by atoms with Crippen LogP contribution < -0.4 is 10.3 Å². The SMILES string of the molecule is O=C(NNS(=O)(=O)c1ccc(Cl)c(C(F)(F)F)c1)c1ccc[nH]1. The van der Waals surface area contributed by atoms with Crippen LogP contribution in [0.2, 0.25) is 5.02 Å². The summed E-state index contributed by atoms with van der Waals surface area (Å²) in [5, 5.41) is -0.633. The number of amides is 1. The third-order valence-electron chi connectivity index (χ3n) is 2.70. The van der Waals surface area contributed by atoms with Crippen molar-refractivity contribution in [3.05, 3.63) is 52.8 Å². The van der Waals surface area contributed by atoms with Gasteiger partial charge in [-0.3, -0.25) is 10.2 Å². The van der Waals surface area contributed by atoms with E-state index >= 15 is 0 Å². The number of hydrazine groups is 1. The first-order valence-electron chi connectivity index (χ1n) is 5.93. The van der Waals surface area contributed by atoms with Crippen LogP contribution >= 0.6 is 11.6 Å². The maximum Gasteiger partial charge on any atom is 0.417 e. The van der Waals surface area contributed by atoms with E-state index in [-0.39, 0.29) is 5.69 Å². The van der Waals surface area contributed by atoms with Crippen molar-refractivity contribution in [3.8, 4) is 0 Å². The van der Waals surface area contributed by atoms with Crippen LogP contribution in [0.3, 0.4) is 0 Å². The smallest absolute Gasteiger partial charge is 0.357 e. The van der Waals surface area contributed by atoms with Crippen LogP contribution in [0, 0.1) is 0 Å². The van der Waals surface area contributed by atoms with Gasteiger partial charge in [-0.05, 0) is 30.3 Å². The molecule has 124 valence electrons. The lowest BCUT2D eigenvalue weighted by Gasteiger charge is -2.12. The zero-order chi connectivity index (χ0) is 17.3. The monoisotopic (exact) mass is 367 g/mol. The number of nitrogens with one attached hydrogen (secondary N) is 3. The maximum absolute atomic E-state index is 12.7. The van der Waals surface area contributed by atoms with Crippen molar-refractivity contribution in [3.63, 3.8) is 0 Å². The summed E-state index contributed by atoms with van der Waals surface area (Å²) in [5.74, 6) is -0.802. The number of rotatable bonds is 4. The lowest BCUT2D eigenvalue weighted by molar-refractivity contribution is -0.137. The Morgan fingerprint density at radius 1 is 1.22 bits per heavy atom. The van der Waals surface area contributed by atoms with Crippen molar-refractivity contribution < 1.29 is 26.4 Å². The van der Waals surface area contributed by atoms with Crippen molar-refractivity contribution in [1.82, 2.24) is 15.2 Å². The summed E-state index contributed by atoms with van der Waals surface area (Å²) < 4.78 is 62.1. The lowest BCUT2D eigenvalue weighted by atomic mass is 10.2. The van der Waals surface area contributed by atoms with Crippen LogP contribution in [0.15, 0.2) is 41.4 Å². The van der Waals surface area contributed by atoms with Gasteiger partial charge in [0, 0.05) is 6.20 Å². The number of carbonyl (C=O) groups excluding carboxylic acids is 1. The molecule has 2 rings (SSSR count). The number of carbonyl (C=O) groups is 1. The molecule has 3 N–H and O–H groups in total. The molecule has 23 heavy (non-hydrogen) atoms. The normalized spacial score (nSPS) is 12.2. The minimum atomic E-state index is -4.81. The van der Waals surface area contributed by atoms with Gasteiger partial charge >= 0.3 is 6.18 Å². The molecule has 1 aromatic carbocycles. The molecule has 0 atom stereocenters. The molecule has 11 heteroatoms. The number of halogens is 4. The number of H-pyrrole nitrogens is 1. The molecular weight excluding hydrogens is 359 g/mol. The quantitative estimate of drug-likeness (QED) is 0.724. The molecule has 0 aliphatic carbocycles. The molecule has 0 aliphatic rings. The van der Waals surface area contributed by atoms with Crippen molar-refractivity contribution >= 4 is 27.5 Å². The summed E-state index contributed by atoms with van der Waals surface area (Å²) in [4.78, 5) is 15.1. The van der Waals surface area contributed by atoms with Crippen molar-refractivity contribution in [1.29, 1.82) is 0 Å². The van der Waals surface area contributed by atoms with E-state index in [0.717, 1.165) is 12.1 Å². The number of hydrogen-bond acceptors (Lipinski definition) is 3. The fourth-order valence-electron chi connectivity index (χ4n) is 1.60. The number of aromatic nitrogens is 1. The molecule has 6 nitrogen and oxygen atoms in total. The van der Waals surface area contributed by atoms with Gasteiger partial charge in [0.2, 0.25) is 0 Å². The summed E-state index contributed by atoms with van der Waals surface area (Å²) in [6.45, 7) is 0. The van der Waals surface area contributed by atoms with Gasteiger partial charge in [0.1, 0.15) is 5.69 Å². The van der Waals surface area contributed by atoms with E-state index in [0.29, 0.717) is 6.07 Å². The van der Waals surface area contributed by atoms with E-state index in [4.69, 9.17) is 11.6 Å². The Kier molecular flexibility index (Phi) is 4.68. The molecule has 1 amide bonds. The van der Waals surface area contributed by atoms with Gasteiger partial charge in [0.15, 0.2) is 0 Å². The molecule has 1 aromatic heterocycles. The molecular formula is C12H9ClF3N3O3S. The van der Waals surface area contributed by atoms with Gasteiger partial charge in [0.05, 0.1) is 15.5 Å². The van der Waals surface area contributed by atoms with Crippen LogP contribution in [0.5, 0.6) is 0 Å². The van der Waals surface area contributed by atoms with Gasteiger partial charge in [-0.15, -0.1) is 4.83 Å². The topological polar surface area (TPSA) is 91.1 Å². The number of aromatic amines is 1. The molecule has 1 heterocycles. The van der Waals surface area contributed by atoms with Gasteiger partial charge < -0.3 is 4.98 Å². The highest BCUT2D eigenvalue weighted by Crippen LogP contribution is 2.35. The van der Waals surface area contributed by atoms with Crippen LogP contribution in [-0.4, -0.2) is 19.3 Å². The first kappa shape index (κ1) is 17.3. The Balaban J connectivity index is 2.21. The Morgan fingerprint density at radius 2 is 1.91 bits per heavy atom. The lowest BCUT2D eigenvalue weighted by Crippen LogP contribution is -2.41. The molecule has 0 fully saturated rings. The van der Waals surface area contributed by atoms with Crippen molar-refractivity contribution in [2.24, 2.45) is 0 Å². The maximum atomic E-state index is 12.7. The predicted octanol–water partition coefficient (Wildman–Crippen LogP) is 2.31. The number of benzene rings is 1. The summed E-state index contributed by atoms with van der Waals surface area (Å²) in [6, 6.07) is 4.98. The average molecular weight is 368 g/mol. The van der Waals surface area contributed by atoms with Crippen molar-refractivity contribution in [2.45, 2.75) is 11.1 Å². The molecule has 0 saturated carbocycles. The van der Waals surface area contributed by atoms with Crippen LogP contribution in [0.1, 0.15) is 16.1 Å². The Morgan fingerprint density at radius 3 is 2.48 bits per heavy atom. The fraction of sp³-hybridized carbons (Fsp3) is 0.0833. The summed E-state index contributed by atoms with van der Waals surface area (Å²) in [7, 11) is -4.40. The summed E-state index contributed by atoms with van der Waals surface area (Å²) in [5.41, 5.74) is 0.650. The highest BCUT2D eigenvalue weighted by molar-refractivity contribution is 7.89. The van der Waals surface area contributed by atoms with Crippen LogP contribution in [0.25, 0.3) is 0 Å². The van der Waals surface area contributed by atoms with E-state index in [2.05, 4.69) is 4.98 Å². The minimum Gasteiger partial charge on any atom is -0.357 e. The molecule has 0 unspecified atom stereocenters. The molecule has 0 spiro atoms. The van der Waals surface area contributed by atoms with Crippen LogP contribution in [-0.2, 0) is 16.2 Å². The second kappa shape index (κ2) is 6.22. The summed E-state index contributed by atoms with van der Waals surface area (Å²) >= 11 is 5.42. The minimum absolute atomic E-state index is 0.0692. The van der Waals surface area contributed by atoms with Gasteiger partial charge in [-0.1, -0.05) is 11.6 Å². The van der Waals surface area contributed by atoms with E-state index in [1.165, 1.54) is 18.3 Å². The summed E-state index contributed by atoms with van der Waals surface area (Å²) in [6.07, 6.45) is -3.37. The second-order valence-corrected chi connectivity index (χ2v) is 6.37. The van der Waals surface area contributed by atoms with Gasteiger partial charge in [-0.2, -0.15) is 13.2 Å². The highest BCUT2D eigenvalue weighted by Gasteiger charge is 2.34. The Labute approximate surface area is 133 Å². The first-order chi connectivity index (χ1) is 10.6. The average Bonchev–Trinajstić information content (AvgIpc) is 2.98. The zero-order valence-electron chi connectivity index (χ0n) is 11.1. The van der Waals surface area contributed by atoms with Gasteiger partial charge in [-0.25, -0.2) is 8.42 Å². The molecule has 0 aliphatic heterocycles. The number of alkyl halides is 3. The van der Waals surface area contributed by atoms with E-state index in [1.807, 2.05) is 5.43 Å². The van der Waals surface area contributed by atoms with Crippen molar-refractivity contribution in [2.75, 3.05) is 0 Å². The largest absolute Gasteiger partial charge is 0.417 e. The highest BCUT2D eigenvalue weighted by atomic mass is 35.5. The van der Waals surface area contributed by atoms with E-state index in [9.17, 15) is 26.4 Å².